The number of hydrogen-bond acceptors (Lipinski definition) is 6. The number of carbonyl (C=O) groups excluding carboxylic acids is 1. The average Bonchev–Trinajstić information content (AvgIpc) is 3.50. The average molecular weight is 540 g/mol. The van der Waals surface area contributed by atoms with Gasteiger partial charge in [0.1, 0.15) is 6.10 Å². The molecule has 0 radical (unpaired) electrons. The molecule has 6 rings (SSSR count). The van der Waals surface area contributed by atoms with Gasteiger partial charge in [-0.15, -0.1) is 0 Å². The first kappa shape index (κ1) is 27.3. The summed E-state index contributed by atoms with van der Waals surface area (Å²) in [4.78, 5) is 19.3. The van der Waals surface area contributed by atoms with Gasteiger partial charge in [0.2, 0.25) is 5.91 Å². The predicted octanol–water partition coefficient (Wildman–Crippen LogP) is 6.10. The van der Waals surface area contributed by atoms with E-state index in [4.69, 9.17) is 9.26 Å². The number of allylic oxidation sites excluding steroid dienone is 1. The maximum Gasteiger partial charge on any atom is 0.417 e. The first-order chi connectivity index (χ1) is 18.7. The van der Waals surface area contributed by atoms with Crippen molar-refractivity contribution >= 4 is 5.91 Å². The molecule has 1 aliphatic heterocycles. The van der Waals surface area contributed by atoms with Gasteiger partial charge in [0.15, 0.2) is 5.82 Å². The van der Waals surface area contributed by atoms with Gasteiger partial charge in [0.25, 0.3) is 0 Å². The monoisotopic (exact) mass is 539 g/mol. The zero-order chi connectivity index (χ0) is 27.4. The van der Waals surface area contributed by atoms with E-state index >= 15 is 0 Å². The number of aromatic nitrogens is 2. The molecular weight excluding hydrogens is 490 g/mol. The number of carbonyl (C=O) groups is 1. The van der Waals surface area contributed by atoms with Crippen molar-refractivity contribution in [3.63, 3.8) is 0 Å². The van der Waals surface area contributed by atoms with Crippen LogP contribution in [0, 0.1) is 47.3 Å². The van der Waals surface area contributed by atoms with Crippen molar-refractivity contribution < 1.29 is 19.2 Å². The second-order valence-electron chi connectivity index (χ2n) is 14.2. The Labute approximate surface area is 234 Å². The van der Waals surface area contributed by atoms with Crippen LogP contribution in [0.1, 0.15) is 104 Å². The van der Waals surface area contributed by atoms with Crippen molar-refractivity contribution in [3.05, 3.63) is 17.5 Å². The molecule has 7 nitrogen and oxygen atoms in total. The van der Waals surface area contributed by atoms with Crippen molar-refractivity contribution in [2.24, 2.45) is 40.4 Å². The van der Waals surface area contributed by atoms with Crippen LogP contribution in [-0.2, 0) is 4.79 Å². The SMILES string of the molecule is Cc1noc(OC2CCN(C(=O)CCC(C)[C@H]3CC[C@H]4[C@@H]5CC=C6C[C@@H](O)CC[C@]6(C)[C@H]5CC[C@]34C)CC2)n1. The lowest BCUT2D eigenvalue weighted by atomic mass is 9.47. The Morgan fingerprint density at radius 1 is 1.15 bits per heavy atom. The van der Waals surface area contributed by atoms with E-state index in [1.807, 2.05) is 4.90 Å². The number of aliphatic hydroxyl groups is 1. The number of nitrogens with zero attached hydrogens (tertiary/aromatic N) is 3. The number of aliphatic hydroxyl groups excluding tert-OH is 1. The lowest BCUT2D eigenvalue weighted by Gasteiger charge is -2.58. The fourth-order valence-corrected chi connectivity index (χ4v) is 10.0. The van der Waals surface area contributed by atoms with Gasteiger partial charge in [-0.05, 0) is 105 Å². The molecule has 1 amide bonds. The van der Waals surface area contributed by atoms with Crippen LogP contribution in [0.15, 0.2) is 16.2 Å². The maximum absolute atomic E-state index is 13.1. The van der Waals surface area contributed by atoms with E-state index in [0.717, 1.165) is 75.3 Å². The Morgan fingerprint density at radius 3 is 2.69 bits per heavy atom. The van der Waals surface area contributed by atoms with E-state index in [-0.39, 0.29) is 18.3 Å². The standard InChI is InChI=1S/C32H49N3O4/c1-20(5-10-29(37)35-17-13-24(14-18-35)38-30-33-21(2)34-39-30)26-8-9-27-25-7-6-22-19-23(36)11-15-31(22,3)28(25)12-16-32(26,27)4/h6,20,23-28,36H,5,7-19H2,1-4H3/t20?,23-,25-,26+,27-,28-,31-,32+/m0/s1. The normalized spacial score (nSPS) is 39.4. The fraction of sp³-hybridized carbons (Fsp3) is 0.844. The highest BCUT2D eigenvalue weighted by Crippen LogP contribution is 2.67. The van der Waals surface area contributed by atoms with Gasteiger partial charge in [-0.3, -0.25) is 9.32 Å². The molecule has 216 valence electrons. The Hall–Kier alpha value is -1.89. The van der Waals surface area contributed by atoms with E-state index in [0.29, 0.717) is 34.9 Å². The Morgan fingerprint density at radius 2 is 1.95 bits per heavy atom. The second-order valence-corrected chi connectivity index (χ2v) is 14.2. The van der Waals surface area contributed by atoms with Crippen LogP contribution < -0.4 is 4.74 Å². The summed E-state index contributed by atoms with van der Waals surface area (Å²) in [7, 11) is 0. The summed E-state index contributed by atoms with van der Waals surface area (Å²) >= 11 is 0. The number of rotatable bonds is 6. The smallest absolute Gasteiger partial charge is 0.417 e. The van der Waals surface area contributed by atoms with Crippen LogP contribution in [-0.4, -0.2) is 51.4 Å². The summed E-state index contributed by atoms with van der Waals surface area (Å²) in [6.07, 6.45) is 15.5. The molecule has 1 N–H and O–H groups in total. The lowest BCUT2D eigenvalue weighted by Crippen LogP contribution is -2.50. The van der Waals surface area contributed by atoms with Gasteiger partial charge >= 0.3 is 6.08 Å². The van der Waals surface area contributed by atoms with Crippen LogP contribution >= 0.6 is 0 Å². The zero-order valence-electron chi connectivity index (χ0n) is 24.5. The molecule has 8 atom stereocenters. The molecule has 0 spiro atoms. The third-order valence-electron chi connectivity index (χ3n) is 12.2. The van der Waals surface area contributed by atoms with Crippen molar-refractivity contribution in [1.82, 2.24) is 15.0 Å². The van der Waals surface area contributed by atoms with Crippen molar-refractivity contribution in [2.75, 3.05) is 13.1 Å². The minimum Gasteiger partial charge on any atom is -0.445 e. The largest absolute Gasteiger partial charge is 0.445 e. The van der Waals surface area contributed by atoms with Crippen LogP contribution in [0.3, 0.4) is 0 Å². The number of ether oxygens (including phenoxy) is 1. The van der Waals surface area contributed by atoms with Crippen molar-refractivity contribution in [1.29, 1.82) is 0 Å². The third-order valence-corrected chi connectivity index (χ3v) is 12.2. The van der Waals surface area contributed by atoms with Crippen molar-refractivity contribution in [3.8, 4) is 6.08 Å². The molecule has 1 saturated heterocycles. The minimum absolute atomic E-state index is 0.0324. The molecule has 2 heterocycles. The molecule has 3 saturated carbocycles. The lowest BCUT2D eigenvalue weighted by molar-refractivity contribution is -0.133. The van der Waals surface area contributed by atoms with E-state index in [9.17, 15) is 9.90 Å². The van der Waals surface area contributed by atoms with Crippen LogP contribution in [0.5, 0.6) is 6.08 Å². The highest BCUT2D eigenvalue weighted by atomic mass is 16.6. The van der Waals surface area contributed by atoms with Crippen LogP contribution in [0.2, 0.25) is 0 Å². The number of aryl methyl sites for hydroxylation is 1. The Balaban J connectivity index is 1.02. The third kappa shape index (κ3) is 4.95. The van der Waals surface area contributed by atoms with E-state index < -0.39 is 0 Å². The molecule has 4 fully saturated rings. The molecule has 1 aromatic rings. The van der Waals surface area contributed by atoms with Gasteiger partial charge in [-0.1, -0.05) is 37.6 Å². The molecule has 0 aromatic carbocycles. The van der Waals surface area contributed by atoms with Gasteiger partial charge < -0.3 is 14.7 Å². The summed E-state index contributed by atoms with van der Waals surface area (Å²) < 4.78 is 10.9. The van der Waals surface area contributed by atoms with Crippen LogP contribution in [0.25, 0.3) is 0 Å². The fourth-order valence-electron chi connectivity index (χ4n) is 10.0. The number of piperidine rings is 1. The molecule has 39 heavy (non-hydrogen) atoms. The topological polar surface area (TPSA) is 88.7 Å². The van der Waals surface area contributed by atoms with Gasteiger partial charge in [0.05, 0.1) is 6.10 Å². The zero-order valence-corrected chi connectivity index (χ0v) is 24.5. The highest BCUT2D eigenvalue weighted by Gasteiger charge is 2.59. The number of hydrogen-bond donors (Lipinski definition) is 1. The first-order valence-corrected chi connectivity index (χ1v) is 15.8. The number of fused-ring (bicyclic) bond motifs is 5. The molecule has 1 aromatic heterocycles. The van der Waals surface area contributed by atoms with E-state index in [1.54, 1.807) is 12.5 Å². The van der Waals surface area contributed by atoms with Gasteiger partial charge in [0, 0.05) is 32.4 Å². The summed E-state index contributed by atoms with van der Waals surface area (Å²) in [5.41, 5.74) is 2.28. The molecule has 4 aliphatic carbocycles. The van der Waals surface area contributed by atoms with Crippen molar-refractivity contribution in [2.45, 2.75) is 117 Å². The summed E-state index contributed by atoms with van der Waals surface area (Å²) in [5.74, 6) is 4.57. The van der Waals surface area contributed by atoms with Crippen LogP contribution in [0.4, 0.5) is 0 Å². The highest BCUT2D eigenvalue weighted by molar-refractivity contribution is 5.76. The molecule has 5 aliphatic rings. The maximum atomic E-state index is 13.1. The number of likely N-dealkylation sites (tertiary alicyclic amines) is 1. The van der Waals surface area contributed by atoms with E-state index in [2.05, 4.69) is 37.0 Å². The first-order valence-electron chi connectivity index (χ1n) is 15.8. The number of amides is 1. The quantitative estimate of drug-likeness (QED) is 0.439. The molecule has 1 unspecified atom stereocenters. The van der Waals surface area contributed by atoms with Gasteiger partial charge in [-0.25, -0.2) is 0 Å². The summed E-state index contributed by atoms with van der Waals surface area (Å²) in [6.45, 7) is 10.8. The Bertz CT molecular complexity index is 1080. The Kier molecular flexibility index (Phi) is 7.35. The molecule has 7 heteroatoms. The summed E-state index contributed by atoms with van der Waals surface area (Å²) in [5, 5.41) is 14.1. The molecular formula is C32H49N3O4. The predicted molar refractivity (Wildman–Crippen MR) is 149 cm³/mol. The minimum atomic E-state index is -0.130. The molecule has 0 bridgehead atoms. The second kappa shape index (κ2) is 10.5. The summed E-state index contributed by atoms with van der Waals surface area (Å²) in [6, 6.07) is 0. The van der Waals surface area contributed by atoms with Gasteiger partial charge in [-0.2, -0.15) is 4.98 Å². The van der Waals surface area contributed by atoms with E-state index in [1.165, 1.54) is 32.1 Å².